The number of hydrogen-bond acceptors (Lipinski definition) is 5. The minimum absolute atomic E-state index is 0.0654. The van der Waals surface area contributed by atoms with E-state index in [4.69, 9.17) is 14.2 Å². The van der Waals surface area contributed by atoms with Gasteiger partial charge in [0.15, 0.2) is 11.5 Å². The molecule has 168 valence electrons. The van der Waals surface area contributed by atoms with Crippen molar-refractivity contribution >= 4 is 12.0 Å². The highest BCUT2D eigenvalue weighted by Crippen LogP contribution is 2.35. The fourth-order valence-corrected chi connectivity index (χ4v) is 4.15. The van der Waals surface area contributed by atoms with Gasteiger partial charge in [-0.25, -0.2) is 9.59 Å². The van der Waals surface area contributed by atoms with Crippen molar-refractivity contribution in [2.24, 2.45) is 0 Å². The second kappa shape index (κ2) is 9.77. The maximum absolute atomic E-state index is 13.0. The smallest absolute Gasteiger partial charge is 0.338 e. The number of urea groups is 1. The molecule has 1 aliphatic carbocycles. The summed E-state index contributed by atoms with van der Waals surface area (Å²) in [6.07, 6.45) is 3.82. The minimum Gasteiger partial charge on any atom is -0.493 e. The molecule has 2 amide bonds. The molecule has 2 aromatic carbocycles. The minimum atomic E-state index is -0.644. The van der Waals surface area contributed by atoms with E-state index < -0.39 is 12.0 Å². The number of esters is 1. The topological polar surface area (TPSA) is 85.9 Å². The molecule has 0 radical (unpaired) electrons. The Hall–Kier alpha value is -3.48. The van der Waals surface area contributed by atoms with Gasteiger partial charge in [0, 0.05) is 5.70 Å². The molecule has 2 N–H and O–H groups in total. The summed E-state index contributed by atoms with van der Waals surface area (Å²) in [6, 6.07) is 14.2. The van der Waals surface area contributed by atoms with Gasteiger partial charge in [-0.2, -0.15) is 0 Å². The highest BCUT2D eigenvalue weighted by atomic mass is 16.5. The van der Waals surface area contributed by atoms with E-state index in [9.17, 15) is 9.59 Å². The first-order valence-corrected chi connectivity index (χ1v) is 10.9. The van der Waals surface area contributed by atoms with E-state index >= 15 is 0 Å². The van der Waals surface area contributed by atoms with Gasteiger partial charge in [0.2, 0.25) is 0 Å². The van der Waals surface area contributed by atoms with Gasteiger partial charge in [-0.3, -0.25) is 0 Å². The molecule has 0 saturated heterocycles. The average Bonchev–Trinajstić information content (AvgIpc) is 3.30. The van der Waals surface area contributed by atoms with Crippen LogP contribution >= 0.6 is 0 Å². The van der Waals surface area contributed by atoms with E-state index in [1.807, 2.05) is 36.4 Å². The average molecular weight is 437 g/mol. The molecule has 2 aromatic rings. The highest BCUT2D eigenvalue weighted by Gasteiger charge is 2.34. The van der Waals surface area contributed by atoms with Crippen LogP contribution in [0.1, 0.15) is 49.8 Å². The van der Waals surface area contributed by atoms with E-state index in [1.54, 1.807) is 26.2 Å². The third kappa shape index (κ3) is 4.88. The summed E-state index contributed by atoms with van der Waals surface area (Å²) in [5, 5.41) is 5.53. The van der Waals surface area contributed by atoms with Crippen molar-refractivity contribution in [2.45, 2.75) is 51.4 Å². The molecule has 1 aliphatic heterocycles. The second-order valence-corrected chi connectivity index (χ2v) is 8.07. The Morgan fingerprint density at radius 3 is 2.53 bits per heavy atom. The van der Waals surface area contributed by atoms with Crippen molar-refractivity contribution in [1.82, 2.24) is 10.6 Å². The van der Waals surface area contributed by atoms with Crippen molar-refractivity contribution in [3.8, 4) is 11.5 Å². The van der Waals surface area contributed by atoms with Crippen LogP contribution in [-0.4, -0.2) is 25.2 Å². The lowest BCUT2D eigenvalue weighted by molar-refractivity contribution is -0.144. The van der Waals surface area contributed by atoms with Crippen molar-refractivity contribution < 1.29 is 23.8 Å². The van der Waals surface area contributed by atoms with Crippen LogP contribution in [0.3, 0.4) is 0 Å². The fraction of sp³-hybridized carbons (Fsp3) is 0.360. The Balaban J connectivity index is 1.57. The summed E-state index contributed by atoms with van der Waals surface area (Å²) in [7, 11) is 1.56. The predicted molar refractivity (Wildman–Crippen MR) is 119 cm³/mol. The Morgan fingerprint density at radius 1 is 1.06 bits per heavy atom. The van der Waals surface area contributed by atoms with E-state index in [2.05, 4.69) is 10.6 Å². The Morgan fingerprint density at radius 2 is 1.81 bits per heavy atom. The standard InChI is InChI=1S/C25H28N2O5/c1-16-22(24(28)32-19-10-6-7-11-19)23(27-25(29)26-16)18-12-13-20(21(14-18)30-2)31-15-17-8-4-3-5-9-17/h3-5,8-9,12-14,19,23H,6-7,10-11,15H2,1-2H3,(H2,26,27,29)/t23-/m0/s1. The SMILES string of the molecule is COc1cc([C@@H]2NC(=O)NC(C)=C2C(=O)OC2CCCC2)ccc1OCc1ccccc1. The van der Waals surface area contributed by atoms with Gasteiger partial charge in [0.05, 0.1) is 18.7 Å². The molecule has 1 atom stereocenters. The highest BCUT2D eigenvalue weighted by molar-refractivity contribution is 5.95. The third-order valence-electron chi connectivity index (χ3n) is 5.82. The quantitative estimate of drug-likeness (QED) is 0.629. The van der Waals surface area contributed by atoms with Crippen LogP contribution < -0.4 is 20.1 Å². The van der Waals surface area contributed by atoms with Gasteiger partial charge in [-0.15, -0.1) is 0 Å². The Kier molecular flexibility index (Phi) is 6.63. The normalized spacial score (nSPS) is 18.7. The van der Waals surface area contributed by atoms with Crippen molar-refractivity contribution in [1.29, 1.82) is 0 Å². The predicted octanol–water partition coefficient (Wildman–Crippen LogP) is 4.39. The van der Waals surface area contributed by atoms with Gasteiger partial charge >= 0.3 is 12.0 Å². The number of hydrogen-bond donors (Lipinski definition) is 2. The summed E-state index contributed by atoms with van der Waals surface area (Å²) >= 11 is 0. The first-order valence-electron chi connectivity index (χ1n) is 10.9. The second-order valence-electron chi connectivity index (χ2n) is 8.07. The molecule has 1 saturated carbocycles. The van der Waals surface area contributed by atoms with Crippen molar-refractivity contribution in [3.05, 3.63) is 70.9 Å². The molecule has 0 spiro atoms. The monoisotopic (exact) mass is 436 g/mol. The summed E-state index contributed by atoms with van der Waals surface area (Å²) in [4.78, 5) is 25.2. The molecule has 7 heteroatoms. The molecule has 32 heavy (non-hydrogen) atoms. The number of amides is 2. The molecule has 1 fully saturated rings. The number of methoxy groups -OCH3 is 1. The van der Waals surface area contributed by atoms with E-state index in [0.29, 0.717) is 34.9 Å². The van der Waals surface area contributed by atoms with Gasteiger partial charge in [-0.05, 0) is 55.9 Å². The van der Waals surface area contributed by atoms with Gasteiger partial charge in [0.1, 0.15) is 12.7 Å². The number of rotatable bonds is 7. The van der Waals surface area contributed by atoms with Crippen LogP contribution in [0, 0.1) is 0 Å². The maximum Gasteiger partial charge on any atom is 0.338 e. The molecule has 2 aliphatic rings. The molecule has 0 bridgehead atoms. The van der Waals surface area contributed by atoms with Crippen LogP contribution in [0.2, 0.25) is 0 Å². The third-order valence-corrected chi connectivity index (χ3v) is 5.82. The van der Waals surface area contributed by atoms with Crippen molar-refractivity contribution in [3.63, 3.8) is 0 Å². The molecular weight excluding hydrogens is 408 g/mol. The van der Waals surface area contributed by atoms with Gasteiger partial charge in [-0.1, -0.05) is 36.4 Å². The maximum atomic E-state index is 13.0. The lowest BCUT2D eigenvalue weighted by Gasteiger charge is -2.29. The van der Waals surface area contributed by atoms with E-state index in [1.165, 1.54) is 0 Å². The molecular formula is C25H28N2O5. The Labute approximate surface area is 187 Å². The Bertz CT molecular complexity index is 1010. The van der Waals surface area contributed by atoms with Gasteiger partial charge < -0.3 is 24.8 Å². The number of ether oxygens (including phenoxy) is 3. The van der Waals surface area contributed by atoms with Crippen LogP contribution in [0.5, 0.6) is 11.5 Å². The summed E-state index contributed by atoms with van der Waals surface area (Å²) in [6.45, 7) is 2.12. The van der Waals surface area contributed by atoms with Crippen LogP contribution in [0.15, 0.2) is 59.8 Å². The summed E-state index contributed by atoms with van der Waals surface area (Å²) in [5.41, 5.74) is 2.64. The summed E-state index contributed by atoms with van der Waals surface area (Å²) in [5.74, 6) is 0.693. The molecule has 0 unspecified atom stereocenters. The first kappa shape index (κ1) is 21.7. The van der Waals surface area contributed by atoms with Gasteiger partial charge in [0.25, 0.3) is 0 Å². The zero-order valence-corrected chi connectivity index (χ0v) is 18.4. The summed E-state index contributed by atoms with van der Waals surface area (Å²) < 4.78 is 17.2. The number of nitrogens with one attached hydrogen (secondary N) is 2. The largest absolute Gasteiger partial charge is 0.493 e. The molecule has 1 heterocycles. The number of benzene rings is 2. The molecule has 0 aromatic heterocycles. The van der Waals surface area contributed by atoms with Crippen LogP contribution in [0.25, 0.3) is 0 Å². The zero-order valence-electron chi connectivity index (χ0n) is 18.4. The fourth-order valence-electron chi connectivity index (χ4n) is 4.15. The lowest BCUT2D eigenvalue weighted by Crippen LogP contribution is -2.45. The van der Waals surface area contributed by atoms with Crippen LogP contribution in [0.4, 0.5) is 4.79 Å². The number of carbonyl (C=O) groups excluding carboxylic acids is 2. The van der Waals surface area contributed by atoms with E-state index in [-0.39, 0.29) is 12.1 Å². The van der Waals surface area contributed by atoms with Crippen LogP contribution in [-0.2, 0) is 16.1 Å². The molecule has 4 rings (SSSR count). The molecule has 7 nitrogen and oxygen atoms in total. The van der Waals surface area contributed by atoms with E-state index in [0.717, 1.165) is 31.2 Å². The number of carbonyl (C=O) groups is 2. The van der Waals surface area contributed by atoms with Crippen molar-refractivity contribution in [2.75, 3.05) is 7.11 Å². The number of allylic oxidation sites excluding steroid dienone is 1. The lowest BCUT2D eigenvalue weighted by atomic mass is 9.95. The first-order chi connectivity index (χ1) is 15.5. The zero-order chi connectivity index (χ0) is 22.5.